The zero-order valence-electron chi connectivity index (χ0n) is 19.2. The molecule has 0 heterocycles. The van der Waals surface area contributed by atoms with Crippen molar-refractivity contribution in [2.24, 2.45) is 17.8 Å². The summed E-state index contributed by atoms with van der Waals surface area (Å²) in [6, 6.07) is 15.0. The summed E-state index contributed by atoms with van der Waals surface area (Å²) < 4.78 is 6.12. The van der Waals surface area contributed by atoms with Crippen LogP contribution in [0.3, 0.4) is 0 Å². The number of nitrogens with one attached hydrogen (secondary N) is 1. The van der Waals surface area contributed by atoms with Crippen molar-refractivity contribution in [3.05, 3.63) is 59.2 Å². The first-order valence-electron chi connectivity index (χ1n) is 12.8. The van der Waals surface area contributed by atoms with Crippen molar-refractivity contribution in [1.82, 2.24) is 0 Å². The monoisotopic (exact) mass is 429 g/mol. The highest BCUT2D eigenvalue weighted by Crippen LogP contribution is 2.60. The summed E-state index contributed by atoms with van der Waals surface area (Å²) in [5.74, 6) is 3.63. The Bertz CT molecular complexity index is 973. The van der Waals surface area contributed by atoms with Crippen LogP contribution in [0.2, 0.25) is 0 Å². The summed E-state index contributed by atoms with van der Waals surface area (Å²) in [4.78, 5) is 12.9. The fourth-order valence-corrected chi connectivity index (χ4v) is 7.72. The van der Waals surface area contributed by atoms with Crippen LogP contribution in [0.5, 0.6) is 5.75 Å². The molecule has 5 aliphatic rings. The third-order valence-corrected chi connectivity index (χ3v) is 8.83. The van der Waals surface area contributed by atoms with Gasteiger partial charge in [0.2, 0.25) is 0 Å². The van der Waals surface area contributed by atoms with Gasteiger partial charge >= 0.3 is 0 Å². The highest BCUT2D eigenvalue weighted by Gasteiger charge is 2.51. The van der Waals surface area contributed by atoms with E-state index in [1.54, 1.807) is 0 Å². The number of fused-ring (bicyclic) bond motifs is 1. The molecule has 1 atom stereocenters. The van der Waals surface area contributed by atoms with Crippen LogP contribution in [-0.4, -0.2) is 12.0 Å². The molecule has 1 unspecified atom stereocenters. The van der Waals surface area contributed by atoms with Gasteiger partial charge in [0, 0.05) is 5.69 Å². The van der Waals surface area contributed by atoms with Crippen molar-refractivity contribution in [3.8, 4) is 5.75 Å². The zero-order valence-corrected chi connectivity index (χ0v) is 19.2. The normalized spacial score (nSPS) is 31.1. The van der Waals surface area contributed by atoms with Crippen LogP contribution in [0, 0.1) is 17.8 Å². The molecule has 3 heteroatoms. The standard InChI is InChI=1S/C29H35NO2/c1-19(32-27-8-4-6-23-5-2-3-7-26(23)27)28(31)30-25-11-9-24(10-12-25)29-16-20-13-21(17-29)15-22(14-20)18-29/h4,6,8-12,19-22H,2-3,5,7,13-18H2,1H3,(H,30,31). The smallest absolute Gasteiger partial charge is 0.265 e. The topological polar surface area (TPSA) is 38.3 Å². The Morgan fingerprint density at radius 1 is 0.938 bits per heavy atom. The van der Waals surface area contributed by atoms with Crippen molar-refractivity contribution in [2.75, 3.05) is 5.32 Å². The van der Waals surface area contributed by atoms with Gasteiger partial charge in [0.05, 0.1) is 0 Å². The van der Waals surface area contributed by atoms with Crippen molar-refractivity contribution >= 4 is 11.6 Å². The highest BCUT2D eigenvalue weighted by atomic mass is 16.5. The van der Waals surface area contributed by atoms with Crippen molar-refractivity contribution in [1.29, 1.82) is 0 Å². The minimum Gasteiger partial charge on any atom is -0.481 e. The number of benzene rings is 2. The number of rotatable bonds is 5. The summed E-state index contributed by atoms with van der Waals surface area (Å²) in [6.07, 6.45) is 12.6. The van der Waals surface area contributed by atoms with E-state index in [9.17, 15) is 4.79 Å². The Morgan fingerprint density at radius 3 is 2.28 bits per heavy atom. The number of carbonyl (C=O) groups is 1. The molecule has 0 aromatic heterocycles. The fourth-order valence-electron chi connectivity index (χ4n) is 7.72. The van der Waals surface area contributed by atoms with Crippen LogP contribution in [0.4, 0.5) is 5.69 Å². The van der Waals surface area contributed by atoms with Gasteiger partial charge in [-0.25, -0.2) is 0 Å². The van der Waals surface area contributed by atoms with E-state index < -0.39 is 6.10 Å². The molecular weight excluding hydrogens is 394 g/mol. The van der Waals surface area contributed by atoms with Crippen LogP contribution in [0.25, 0.3) is 0 Å². The molecule has 1 N–H and O–H groups in total. The predicted molar refractivity (Wildman–Crippen MR) is 128 cm³/mol. The molecule has 2 aromatic carbocycles. The van der Waals surface area contributed by atoms with Crippen LogP contribution in [-0.2, 0) is 23.1 Å². The molecule has 4 saturated carbocycles. The quantitative estimate of drug-likeness (QED) is 0.594. The summed E-state index contributed by atoms with van der Waals surface area (Å²) in [6.45, 7) is 1.85. The minimum atomic E-state index is -0.522. The van der Waals surface area contributed by atoms with E-state index in [0.717, 1.165) is 42.0 Å². The van der Waals surface area contributed by atoms with E-state index in [2.05, 4.69) is 35.6 Å². The molecule has 168 valence electrons. The number of anilines is 1. The first kappa shape index (κ1) is 20.3. The maximum Gasteiger partial charge on any atom is 0.265 e. The van der Waals surface area contributed by atoms with Crippen LogP contribution in [0.15, 0.2) is 42.5 Å². The van der Waals surface area contributed by atoms with Gasteiger partial charge in [-0.3, -0.25) is 4.79 Å². The lowest BCUT2D eigenvalue weighted by atomic mass is 9.48. The van der Waals surface area contributed by atoms with Crippen LogP contribution >= 0.6 is 0 Å². The molecule has 1 amide bonds. The van der Waals surface area contributed by atoms with E-state index in [4.69, 9.17) is 4.74 Å². The Labute approximate surface area is 191 Å². The van der Waals surface area contributed by atoms with Crippen LogP contribution in [0.1, 0.15) is 75.0 Å². The zero-order chi connectivity index (χ0) is 21.7. The van der Waals surface area contributed by atoms with Gasteiger partial charge in [-0.2, -0.15) is 0 Å². The van der Waals surface area contributed by atoms with E-state index in [0.29, 0.717) is 5.41 Å². The van der Waals surface area contributed by atoms with Crippen LogP contribution < -0.4 is 10.1 Å². The van der Waals surface area contributed by atoms with Gasteiger partial charge in [-0.1, -0.05) is 24.3 Å². The van der Waals surface area contributed by atoms with Gasteiger partial charge in [-0.15, -0.1) is 0 Å². The fraction of sp³-hybridized carbons (Fsp3) is 0.552. The summed E-state index contributed by atoms with van der Waals surface area (Å²) in [5.41, 5.74) is 5.43. The Kier molecular flexibility index (Phi) is 5.04. The summed E-state index contributed by atoms with van der Waals surface area (Å²) in [7, 11) is 0. The molecule has 4 fully saturated rings. The van der Waals surface area contributed by atoms with Gasteiger partial charge in [0.25, 0.3) is 5.91 Å². The van der Waals surface area contributed by atoms with Gasteiger partial charge in [0.1, 0.15) is 5.75 Å². The molecule has 32 heavy (non-hydrogen) atoms. The molecule has 3 nitrogen and oxygen atoms in total. The lowest BCUT2D eigenvalue weighted by Crippen LogP contribution is -2.48. The first-order chi connectivity index (χ1) is 15.6. The second kappa shape index (κ2) is 7.93. The lowest BCUT2D eigenvalue weighted by molar-refractivity contribution is -0.122. The predicted octanol–water partition coefficient (Wildman–Crippen LogP) is 6.44. The third-order valence-electron chi connectivity index (χ3n) is 8.83. The average molecular weight is 430 g/mol. The Balaban J connectivity index is 1.12. The maximum atomic E-state index is 12.9. The minimum absolute atomic E-state index is 0.0824. The van der Waals surface area contributed by atoms with Gasteiger partial charge in [0.15, 0.2) is 6.10 Å². The Hall–Kier alpha value is -2.29. The summed E-state index contributed by atoms with van der Waals surface area (Å²) in [5, 5.41) is 3.08. The molecular formula is C29H35NO2. The van der Waals surface area contributed by atoms with E-state index in [-0.39, 0.29) is 5.91 Å². The number of aryl methyl sites for hydroxylation is 1. The third kappa shape index (κ3) is 3.64. The maximum absolute atomic E-state index is 12.9. The number of carbonyl (C=O) groups excluding carboxylic acids is 1. The largest absolute Gasteiger partial charge is 0.481 e. The second-order valence-electron chi connectivity index (χ2n) is 11.1. The SMILES string of the molecule is CC(Oc1cccc2c1CCCC2)C(=O)Nc1ccc(C23CC4CC(CC(C4)C2)C3)cc1. The molecule has 4 bridgehead atoms. The number of hydrogen-bond acceptors (Lipinski definition) is 2. The van der Waals surface area contributed by atoms with Crippen molar-refractivity contribution in [2.45, 2.75) is 82.7 Å². The molecule has 5 aliphatic carbocycles. The summed E-state index contributed by atoms with van der Waals surface area (Å²) >= 11 is 0. The molecule has 0 saturated heterocycles. The number of amides is 1. The van der Waals surface area contributed by atoms with E-state index >= 15 is 0 Å². The van der Waals surface area contributed by atoms with Gasteiger partial charge in [-0.05, 0) is 129 Å². The lowest BCUT2D eigenvalue weighted by Gasteiger charge is -2.57. The molecule has 0 spiro atoms. The molecule has 0 aliphatic heterocycles. The van der Waals surface area contributed by atoms with Crippen molar-refractivity contribution < 1.29 is 9.53 Å². The second-order valence-corrected chi connectivity index (χ2v) is 11.1. The number of ether oxygens (including phenoxy) is 1. The highest BCUT2D eigenvalue weighted by molar-refractivity contribution is 5.94. The van der Waals surface area contributed by atoms with Gasteiger partial charge < -0.3 is 10.1 Å². The first-order valence-corrected chi connectivity index (χ1v) is 12.8. The molecule has 2 aromatic rings. The average Bonchev–Trinajstić information content (AvgIpc) is 2.79. The van der Waals surface area contributed by atoms with E-state index in [1.807, 2.05) is 19.1 Å². The van der Waals surface area contributed by atoms with E-state index in [1.165, 1.54) is 68.1 Å². The van der Waals surface area contributed by atoms with Crippen molar-refractivity contribution in [3.63, 3.8) is 0 Å². The number of hydrogen-bond donors (Lipinski definition) is 1. The molecule has 0 radical (unpaired) electrons. The molecule has 7 rings (SSSR count). The Morgan fingerprint density at radius 2 is 1.59 bits per heavy atom.